The van der Waals surface area contributed by atoms with Gasteiger partial charge in [-0.05, 0) is 13.8 Å². The molecule has 1 atom stereocenters. The van der Waals surface area contributed by atoms with Crippen molar-refractivity contribution in [2.75, 3.05) is 13.2 Å². The Kier molecular flexibility index (Phi) is 4.42. The molecule has 6 heteroatoms. The molecule has 6 nitrogen and oxygen atoms in total. The highest BCUT2D eigenvalue weighted by molar-refractivity contribution is 6.01. The highest BCUT2D eigenvalue weighted by Crippen LogP contribution is 2.13. The highest BCUT2D eigenvalue weighted by atomic mass is 16.7. The van der Waals surface area contributed by atoms with E-state index < -0.39 is 23.7 Å². The Morgan fingerprint density at radius 2 is 1.94 bits per heavy atom. The van der Waals surface area contributed by atoms with Gasteiger partial charge in [-0.15, -0.1) is 5.06 Å². The molecule has 2 amide bonds. The van der Waals surface area contributed by atoms with Gasteiger partial charge in [-0.2, -0.15) is 0 Å². The van der Waals surface area contributed by atoms with Gasteiger partial charge in [-0.1, -0.05) is 0 Å². The van der Waals surface area contributed by atoms with Gasteiger partial charge in [0.2, 0.25) is 0 Å². The maximum absolute atomic E-state index is 11.4. The summed E-state index contributed by atoms with van der Waals surface area (Å²) in [5.41, 5.74) is 0. The summed E-state index contributed by atoms with van der Waals surface area (Å²) in [7, 11) is 0. The van der Waals surface area contributed by atoms with Crippen LogP contribution in [0.4, 0.5) is 0 Å². The number of carbonyl (C=O) groups is 3. The van der Waals surface area contributed by atoms with Gasteiger partial charge in [-0.3, -0.25) is 9.59 Å². The zero-order chi connectivity index (χ0) is 12.1. The number of hydroxylamine groups is 2. The minimum atomic E-state index is -0.628. The largest absolute Gasteiger partial charge is 0.381 e. The van der Waals surface area contributed by atoms with Gasteiger partial charge in [0.25, 0.3) is 11.8 Å². The van der Waals surface area contributed by atoms with E-state index in [0.29, 0.717) is 11.7 Å². The predicted molar refractivity (Wildman–Crippen MR) is 52.8 cm³/mol. The van der Waals surface area contributed by atoms with Gasteiger partial charge < -0.3 is 9.57 Å². The first-order valence-corrected chi connectivity index (χ1v) is 5.21. The lowest BCUT2D eigenvalue weighted by Crippen LogP contribution is -2.35. The summed E-state index contributed by atoms with van der Waals surface area (Å²) in [5, 5.41) is 0.546. The fourth-order valence-corrected chi connectivity index (χ4v) is 1.20. The van der Waals surface area contributed by atoms with E-state index in [4.69, 9.17) is 9.57 Å². The number of ether oxygens (including phenoxy) is 1. The number of hydrogen-bond acceptors (Lipinski definition) is 5. The molecule has 1 heterocycles. The van der Waals surface area contributed by atoms with Crippen LogP contribution in [0.1, 0.15) is 26.7 Å². The minimum Gasteiger partial charge on any atom is -0.381 e. The van der Waals surface area contributed by atoms with Crippen LogP contribution in [0.5, 0.6) is 0 Å². The second kappa shape index (κ2) is 5.60. The van der Waals surface area contributed by atoms with Crippen LogP contribution < -0.4 is 0 Å². The van der Waals surface area contributed by atoms with Crippen molar-refractivity contribution in [2.24, 2.45) is 5.92 Å². The SMILES string of the molecule is CCOCC(C)C(=O)ON1C(=O)CCC1=O. The van der Waals surface area contributed by atoms with Crippen LogP contribution in [0.25, 0.3) is 0 Å². The summed E-state index contributed by atoms with van der Waals surface area (Å²) >= 11 is 0. The van der Waals surface area contributed by atoms with Gasteiger partial charge in [-0.25, -0.2) is 4.79 Å². The summed E-state index contributed by atoms with van der Waals surface area (Å²) in [6.07, 6.45) is 0.206. The molecule has 0 aliphatic carbocycles. The van der Waals surface area contributed by atoms with Gasteiger partial charge >= 0.3 is 5.97 Å². The van der Waals surface area contributed by atoms with Crippen molar-refractivity contribution in [3.8, 4) is 0 Å². The van der Waals surface area contributed by atoms with E-state index in [1.54, 1.807) is 6.92 Å². The van der Waals surface area contributed by atoms with Gasteiger partial charge in [0.1, 0.15) is 0 Å². The van der Waals surface area contributed by atoms with Crippen molar-refractivity contribution in [3.05, 3.63) is 0 Å². The third-order valence-electron chi connectivity index (χ3n) is 2.16. The molecule has 90 valence electrons. The average molecular weight is 229 g/mol. The Labute approximate surface area is 93.4 Å². The standard InChI is InChI=1S/C10H15NO5/c1-3-15-6-7(2)10(14)16-11-8(12)4-5-9(11)13/h7H,3-6H2,1-2H3. The first-order chi connectivity index (χ1) is 7.56. The molecule has 16 heavy (non-hydrogen) atoms. The van der Waals surface area contributed by atoms with Gasteiger partial charge in [0.15, 0.2) is 0 Å². The van der Waals surface area contributed by atoms with Crippen molar-refractivity contribution in [1.29, 1.82) is 0 Å². The second-order valence-corrected chi connectivity index (χ2v) is 3.55. The molecule has 1 fully saturated rings. The topological polar surface area (TPSA) is 72.9 Å². The van der Waals surface area contributed by atoms with Crippen molar-refractivity contribution in [1.82, 2.24) is 5.06 Å². The quantitative estimate of drug-likeness (QED) is 0.632. The van der Waals surface area contributed by atoms with E-state index in [2.05, 4.69) is 0 Å². The molecule has 0 N–H and O–H groups in total. The first kappa shape index (κ1) is 12.6. The van der Waals surface area contributed by atoms with E-state index in [1.165, 1.54) is 0 Å². The molecule has 1 aliphatic heterocycles. The first-order valence-electron chi connectivity index (χ1n) is 5.21. The van der Waals surface area contributed by atoms with E-state index in [0.717, 1.165) is 0 Å². The van der Waals surface area contributed by atoms with Crippen LogP contribution in [-0.2, 0) is 24.0 Å². The fraction of sp³-hybridized carbons (Fsp3) is 0.700. The second-order valence-electron chi connectivity index (χ2n) is 3.55. The Balaban J connectivity index is 2.44. The van der Waals surface area contributed by atoms with Crippen LogP contribution in [0.15, 0.2) is 0 Å². The molecule has 1 rings (SSSR count). The van der Waals surface area contributed by atoms with Crippen molar-refractivity contribution >= 4 is 17.8 Å². The highest BCUT2D eigenvalue weighted by Gasteiger charge is 2.33. The van der Waals surface area contributed by atoms with E-state index in [-0.39, 0.29) is 19.4 Å². The summed E-state index contributed by atoms with van der Waals surface area (Å²) in [6.45, 7) is 4.14. The van der Waals surface area contributed by atoms with Gasteiger partial charge in [0, 0.05) is 19.4 Å². The van der Waals surface area contributed by atoms with Crippen LogP contribution in [-0.4, -0.2) is 36.1 Å². The Bertz CT molecular complexity index is 286. The molecule has 0 aromatic carbocycles. The van der Waals surface area contributed by atoms with E-state index >= 15 is 0 Å². The van der Waals surface area contributed by atoms with Crippen molar-refractivity contribution in [3.63, 3.8) is 0 Å². The molecule has 1 aliphatic rings. The summed E-state index contributed by atoms with van der Waals surface area (Å²) in [6, 6.07) is 0. The molecule has 0 saturated carbocycles. The lowest BCUT2D eigenvalue weighted by atomic mass is 10.2. The molecule has 1 unspecified atom stereocenters. The summed E-state index contributed by atoms with van der Waals surface area (Å²) < 4.78 is 5.05. The Hall–Kier alpha value is -1.43. The maximum atomic E-state index is 11.4. The fourth-order valence-electron chi connectivity index (χ4n) is 1.20. The maximum Gasteiger partial charge on any atom is 0.338 e. The summed E-state index contributed by atoms with van der Waals surface area (Å²) in [5.74, 6) is -2.07. The Morgan fingerprint density at radius 1 is 1.38 bits per heavy atom. The number of carbonyl (C=O) groups excluding carboxylic acids is 3. The molecule has 0 aromatic rings. The predicted octanol–water partition coefficient (Wildman–Crippen LogP) is 0.266. The smallest absolute Gasteiger partial charge is 0.338 e. The molecular weight excluding hydrogens is 214 g/mol. The van der Waals surface area contributed by atoms with E-state index in [9.17, 15) is 14.4 Å². The average Bonchev–Trinajstić information content (AvgIpc) is 2.57. The van der Waals surface area contributed by atoms with Gasteiger partial charge in [0.05, 0.1) is 12.5 Å². The molecule has 0 bridgehead atoms. The van der Waals surface area contributed by atoms with Crippen LogP contribution in [0.2, 0.25) is 0 Å². The summed E-state index contributed by atoms with van der Waals surface area (Å²) in [4.78, 5) is 38.5. The van der Waals surface area contributed by atoms with Crippen LogP contribution in [0.3, 0.4) is 0 Å². The monoisotopic (exact) mass is 229 g/mol. The lowest BCUT2D eigenvalue weighted by molar-refractivity contribution is -0.201. The third kappa shape index (κ3) is 3.03. The molecule has 0 radical (unpaired) electrons. The Morgan fingerprint density at radius 3 is 2.44 bits per heavy atom. The molecule has 1 saturated heterocycles. The number of nitrogens with zero attached hydrogens (tertiary/aromatic N) is 1. The molecule has 0 aromatic heterocycles. The molecule has 0 spiro atoms. The van der Waals surface area contributed by atoms with Crippen LogP contribution >= 0.6 is 0 Å². The lowest BCUT2D eigenvalue weighted by Gasteiger charge is -2.15. The number of rotatable bonds is 5. The normalized spacial score (nSPS) is 17.8. The van der Waals surface area contributed by atoms with Crippen molar-refractivity contribution < 1.29 is 24.0 Å². The number of hydrogen-bond donors (Lipinski definition) is 0. The number of imide groups is 1. The number of amides is 2. The molecular formula is C10H15NO5. The van der Waals surface area contributed by atoms with Crippen LogP contribution in [0, 0.1) is 5.92 Å². The third-order valence-corrected chi connectivity index (χ3v) is 2.16. The van der Waals surface area contributed by atoms with Crippen molar-refractivity contribution in [2.45, 2.75) is 26.7 Å². The zero-order valence-corrected chi connectivity index (χ0v) is 9.39. The zero-order valence-electron chi connectivity index (χ0n) is 9.39. The minimum absolute atomic E-state index is 0.103. The van der Waals surface area contributed by atoms with E-state index in [1.807, 2.05) is 6.92 Å².